The fraction of sp³-hybridized carbons (Fsp3) is 0.300. The average molecular weight is 149 g/mol. The summed E-state index contributed by atoms with van der Waals surface area (Å²) in [6.07, 6.45) is 3.41. The van der Waals surface area contributed by atoms with Crippen molar-refractivity contribution >= 4 is 37.7 Å². The van der Waals surface area contributed by atoms with Crippen LogP contribution >= 0.6 is 0 Å². The third-order valence-electron chi connectivity index (χ3n) is 1.56. The van der Waals surface area contributed by atoms with Gasteiger partial charge < -0.3 is 0 Å². The summed E-state index contributed by atoms with van der Waals surface area (Å²) in [4.78, 5) is 0. The SMILES string of the molecule is [CH2]CCCc1ccccc1.[LiH].[LiH]. The van der Waals surface area contributed by atoms with Crippen LogP contribution in [-0.2, 0) is 6.42 Å². The van der Waals surface area contributed by atoms with Crippen LogP contribution in [0.1, 0.15) is 18.4 Å². The molecule has 0 aliphatic heterocycles. The summed E-state index contributed by atoms with van der Waals surface area (Å²) in [6.45, 7) is 3.80. The molecule has 0 N–H and O–H groups in total. The van der Waals surface area contributed by atoms with Crippen molar-refractivity contribution in [3.05, 3.63) is 42.8 Å². The van der Waals surface area contributed by atoms with Crippen LogP contribution in [0.15, 0.2) is 30.3 Å². The average Bonchev–Trinajstić information content (AvgIpc) is 2.03. The zero-order valence-electron chi connectivity index (χ0n) is 6.22. The van der Waals surface area contributed by atoms with E-state index >= 15 is 0 Å². The van der Waals surface area contributed by atoms with Gasteiger partial charge in [-0.1, -0.05) is 43.7 Å². The van der Waals surface area contributed by atoms with E-state index in [1.54, 1.807) is 0 Å². The number of hydrogen-bond donors (Lipinski definition) is 0. The Hall–Kier alpha value is 0.415. The predicted octanol–water partition coefficient (Wildman–Crippen LogP) is 1.55. The quantitative estimate of drug-likeness (QED) is 0.572. The van der Waals surface area contributed by atoms with Gasteiger partial charge in [0.25, 0.3) is 0 Å². The van der Waals surface area contributed by atoms with Crippen molar-refractivity contribution in [3.8, 4) is 0 Å². The van der Waals surface area contributed by atoms with E-state index in [4.69, 9.17) is 0 Å². The molecule has 0 aromatic heterocycles. The first kappa shape index (κ1) is 14.9. The van der Waals surface area contributed by atoms with Crippen LogP contribution in [0.5, 0.6) is 0 Å². The standard InChI is InChI=1S/C10H13.2Li.2H/c1-2-3-7-10-8-5-4-6-9-10;;;;/h4-6,8-9H,1-3,7H2;;;;. The second kappa shape index (κ2) is 9.50. The van der Waals surface area contributed by atoms with Gasteiger partial charge in [0.1, 0.15) is 0 Å². The number of hydrogen-bond acceptors (Lipinski definition) is 0. The van der Waals surface area contributed by atoms with Crippen LogP contribution in [0.3, 0.4) is 0 Å². The Labute approximate surface area is 99.5 Å². The monoisotopic (exact) mass is 149 g/mol. The van der Waals surface area contributed by atoms with E-state index in [9.17, 15) is 0 Å². The van der Waals surface area contributed by atoms with Crippen LogP contribution in [0.2, 0.25) is 0 Å². The number of unbranched alkanes of at least 4 members (excludes halogenated alkanes) is 1. The van der Waals surface area contributed by atoms with Crippen molar-refractivity contribution in [3.63, 3.8) is 0 Å². The minimum atomic E-state index is 0. The second-order valence-corrected chi connectivity index (χ2v) is 2.44. The van der Waals surface area contributed by atoms with Crippen molar-refractivity contribution in [2.24, 2.45) is 0 Å². The fourth-order valence-electron chi connectivity index (χ4n) is 0.974. The van der Waals surface area contributed by atoms with Crippen molar-refractivity contribution < 1.29 is 0 Å². The summed E-state index contributed by atoms with van der Waals surface area (Å²) in [5, 5.41) is 0. The topological polar surface area (TPSA) is 0 Å². The first-order chi connectivity index (χ1) is 4.93. The maximum absolute atomic E-state index is 3.80. The van der Waals surface area contributed by atoms with Crippen LogP contribution in [0.4, 0.5) is 0 Å². The molecule has 57 valence electrons. The molecule has 1 aromatic rings. The zero-order valence-corrected chi connectivity index (χ0v) is 6.22. The van der Waals surface area contributed by atoms with Crippen molar-refractivity contribution in [2.75, 3.05) is 0 Å². The third kappa shape index (κ3) is 5.99. The van der Waals surface area contributed by atoms with Crippen LogP contribution in [0.25, 0.3) is 0 Å². The van der Waals surface area contributed by atoms with E-state index in [-0.39, 0.29) is 37.7 Å². The van der Waals surface area contributed by atoms with Gasteiger partial charge in [-0.3, -0.25) is 0 Å². The molecule has 0 atom stereocenters. The molecule has 12 heavy (non-hydrogen) atoms. The molecule has 0 unspecified atom stereocenters. The zero-order chi connectivity index (χ0) is 7.23. The summed E-state index contributed by atoms with van der Waals surface area (Å²) in [5.74, 6) is 0. The Balaban J connectivity index is 0. The molecule has 0 amide bonds. The Kier molecular flexibility index (Phi) is 11.8. The van der Waals surface area contributed by atoms with Crippen LogP contribution in [-0.4, -0.2) is 37.7 Å². The molecular weight excluding hydrogens is 134 g/mol. The van der Waals surface area contributed by atoms with E-state index in [0.29, 0.717) is 0 Å². The molecule has 0 saturated carbocycles. The number of rotatable bonds is 3. The van der Waals surface area contributed by atoms with E-state index in [1.807, 2.05) is 6.07 Å². The van der Waals surface area contributed by atoms with Gasteiger partial charge in [0.2, 0.25) is 0 Å². The van der Waals surface area contributed by atoms with Gasteiger partial charge in [-0.25, -0.2) is 0 Å². The molecule has 1 rings (SSSR count). The molecule has 1 aromatic carbocycles. The molecule has 0 aliphatic carbocycles. The van der Waals surface area contributed by atoms with E-state index < -0.39 is 0 Å². The Morgan fingerprint density at radius 1 is 1.00 bits per heavy atom. The third-order valence-corrected chi connectivity index (χ3v) is 1.56. The minimum absolute atomic E-state index is 0. The second-order valence-electron chi connectivity index (χ2n) is 2.44. The molecule has 0 spiro atoms. The van der Waals surface area contributed by atoms with Gasteiger partial charge in [0, 0.05) is 0 Å². The number of benzene rings is 1. The molecule has 1 radical (unpaired) electrons. The fourth-order valence-corrected chi connectivity index (χ4v) is 0.974. The Morgan fingerprint density at radius 3 is 2.08 bits per heavy atom. The van der Waals surface area contributed by atoms with Crippen LogP contribution < -0.4 is 0 Å². The first-order valence-electron chi connectivity index (χ1n) is 3.76. The first-order valence-corrected chi connectivity index (χ1v) is 3.76. The van der Waals surface area contributed by atoms with Crippen LogP contribution in [0, 0.1) is 6.92 Å². The number of aryl methyl sites for hydroxylation is 1. The predicted molar refractivity (Wildman–Crippen MR) is 59.0 cm³/mol. The van der Waals surface area contributed by atoms with Gasteiger partial charge in [-0.2, -0.15) is 0 Å². The van der Waals surface area contributed by atoms with E-state index in [2.05, 4.69) is 31.2 Å². The molecule has 0 nitrogen and oxygen atoms in total. The summed E-state index contributed by atoms with van der Waals surface area (Å²) in [5.41, 5.74) is 1.42. The van der Waals surface area contributed by atoms with Gasteiger partial charge in [0.05, 0.1) is 0 Å². The van der Waals surface area contributed by atoms with Crippen molar-refractivity contribution in [1.82, 2.24) is 0 Å². The van der Waals surface area contributed by atoms with Gasteiger partial charge in [-0.15, -0.1) is 0 Å². The summed E-state index contributed by atoms with van der Waals surface area (Å²) >= 11 is 0. The van der Waals surface area contributed by atoms with E-state index in [1.165, 1.54) is 18.4 Å². The molecular formula is C10H15Li2. The van der Waals surface area contributed by atoms with Gasteiger partial charge in [-0.05, 0) is 18.4 Å². The van der Waals surface area contributed by atoms with Crippen molar-refractivity contribution in [2.45, 2.75) is 19.3 Å². The summed E-state index contributed by atoms with van der Waals surface area (Å²) in [7, 11) is 0. The maximum atomic E-state index is 3.80. The van der Waals surface area contributed by atoms with Crippen molar-refractivity contribution in [1.29, 1.82) is 0 Å². The van der Waals surface area contributed by atoms with Gasteiger partial charge in [0.15, 0.2) is 0 Å². The molecule has 0 saturated heterocycles. The van der Waals surface area contributed by atoms with E-state index in [0.717, 1.165) is 6.42 Å². The molecule has 2 heteroatoms. The Bertz CT molecular complexity index is 172. The molecule has 0 fully saturated rings. The summed E-state index contributed by atoms with van der Waals surface area (Å²) < 4.78 is 0. The Morgan fingerprint density at radius 2 is 1.58 bits per heavy atom. The summed E-state index contributed by atoms with van der Waals surface area (Å²) in [6, 6.07) is 10.5. The molecule has 0 bridgehead atoms. The normalized spacial score (nSPS) is 8.08. The molecule has 0 aliphatic rings. The van der Waals surface area contributed by atoms with Gasteiger partial charge >= 0.3 is 37.7 Å². The molecule has 0 heterocycles.